The zero-order chi connectivity index (χ0) is 18.4. The monoisotopic (exact) mass is 378 g/mol. The molecule has 2 N–H and O–H groups in total. The molecule has 2 aromatic rings. The normalized spacial score (nSPS) is 16.4. The lowest BCUT2D eigenvalue weighted by molar-refractivity contribution is -0.136. The lowest BCUT2D eigenvalue weighted by atomic mass is 9.78. The summed E-state index contributed by atoms with van der Waals surface area (Å²) in [4.78, 5) is 17.0. The van der Waals surface area contributed by atoms with E-state index in [0.717, 1.165) is 31.5 Å². The van der Waals surface area contributed by atoms with Crippen molar-refractivity contribution in [2.75, 3.05) is 33.4 Å². The van der Waals surface area contributed by atoms with Gasteiger partial charge in [0.15, 0.2) is 0 Å². The SMILES string of the molecule is COCC1(C(=O)NCCc2nc(-c3cccc(Cl)c3)no2)CCNCC1. The van der Waals surface area contributed by atoms with Gasteiger partial charge >= 0.3 is 0 Å². The molecule has 8 heteroatoms. The summed E-state index contributed by atoms with van der Waals surface area (Å²) >= 11 is 5.98. The molecule has 140 valence electrons. The highest BCUT2D eigenvalue weighted by Gasteiger charge is 2.39. The molecule has 1 aliphatic heterocycles. The maximum atomic E-state index is 12.7. The van der Waals surface area contributed by atoms with Crippen molar-refractivity contribution < 1.29 is 14.1 Å². The summed E-state index contributed by atoms with van der Waals surface area (Å²) in [5.41, 5.74) is 0.339. The summed E-state index contributed by atoms with van der Waals surface area (Å²) in [6, 6.07) is 7.28. The van der Waals surface area contributed by atoms with Gasteiger partial charge in [-0.3, -0.25) is 4.79 Å². The van der Waals surface area contributed by atoms with Crippen LogP contribution in [-0.4, -0.2) is 49.4 Å². The van der Waals surface area contributed by atoms with Crippen LogP contribution in [0.3, 0.4) is 0 Å². The van der Waals surface area contributed by atoms with E-state index < -0.39 is 5.41 Å². The first-order chi connectivity index (χ1) is 12.6. The molecule has 1 fully saturated rings. The number of nitrogens with zero attached hydrogens (tertiary/aromatic N) is 2. The van der Waals surface area contributed by atoms with E-state index in [9.17, 15) is 4.79 Å². The van der Waals surface area contributed by atoms with E-state index in [-0.39, 0.29) is 5.91 Å². The number of benzene rings is 1. The van der Waals surface area contributed by atoms with Crippen LogP contribution in [0, 0.1) is 5.41 Å². The molecule has 0 unspecified atom stereocenters. The Bertz CT molecular complexity index is 738. The molecular formula is C18H23ClN4O3. The number of aromatic nitrogens is 2. The molecule has 2 heterocycles. The molecule has 1 aromatic carbocycles. The van der Waals surface area contributed by atoms with Gasteiger partial charge in [-0.25, -0.2) is 0 Å². The summed E-state index contributed by atoms with van der Waals surface area (Å²) in [6.07, 6.45) is 2.01. The number of piperidine rings is 1. The fraction of sp³-hybridized carbons (Fsp3) is 0.500. The van der Waals surface area contributed by atoms with Gasteiger partial charge in [0.05, 0.1) is 12.0 Å². The number of hydrogen-bond acceptors (Lipinski definition) is 6. The van der Waals surface area contributed by atoms with Gasteiger partial charge in [0.25, 0.3) is 0 Å². The maximum Gasteiger partial charge on any atom is 0.228 e. The molecule has 0 atom stereocenters. The van der Waals surface area contributed by atoms with Crippen LogP contribution in [0.25, 0.3) is 11.4 Å². The summed E-state index contributed by atoms with van der Waals surface area (Å²) < 4.78 is 10.6. The summed E-state index contributed by atoms with van der Waals surface area (Å²) in [6.45, 7) is 2.52. The Morgan fingerprint density at radius 3 is 2.96 bits per heavy atom. The van der Waals surface area contributed by atoms with Crippen molar-refractivity contribution >= 4 is 17.5 Å². The van der Waals surface area contributed by atoms with Crippen molar-refractivity contribution in [2.24, 2.45) is 5.41 Å². The molecular weight excluding hydrogens is 356 g/mol. The van der Waals surface area contributed by atoms with Gasteiger partial charge < -0.3 is 19.9 Å². The predicted molar refractivity (Wildman–Crippen MR) is 97.9 cm³/mol. The number of carbonyl (C=O) groups is 1. The summed E-state index contributed by atoms with van der Waals surface area (Å²) in [7, 11) is 1.63. The number of rotatable bonds is 7. The fourth-order valence-electron chi connectivity index (χ4n) is 3.19. The Labute approximate surface area is 157 Å². The van der Waals surface area contributed by atoms with Crippen LogP contribution in [0.5, 0.6) is 0 Å². The second-order valence-corrected chi connectivity index (χ2v) is 6.93. The van der Waals surface area contributed by atoms with Gasteiger partial charge in [-0.15, -0.1) is 0 Å². The molecule has 0 saturated carbocycles. The maximum absolute atomic E-state index is 12.7. The molecule has 0 spiro atoms. The zero-order valence-corrected chi connectivity index (χ0v) is 15.5. The first-order valence-electron chi connectivity index (χ1n) is 8.69. The Hall–Kier alpha value is -1.96. The van der Waals surface area contributed by atoms with E-state index in [0.29, 0.717) is 36.3 Å². The smallest absolute Gasteiger partial charge is 0.228 e. The summed E-state index contributed by atoms with van der Waals surface area (Å²) in [5.74, 6) is 0.991. The lowest BCUT2D eigenvalue weighted by Gasteiger charge is -2.35. The van der Waals surface area contributed by atoms with Crippen LogP contribution in [-0.2, 0) is 16.0 Å². The standard InChI is InChI=1S/C18H23ClN4O3/c1-25-12-18(6-9-20-10-7-18)17(24)21-8-5-15-22-16(23-26-15)13-3-2-4-14(19)11-13/h2-4,11,20H,5-10,12H2,1H3,(H,21,24). The van der Waals surface area contributed by atoms with Gasteiger partial charge in [0, 0.05) is 30.7 Å². The highest BCUT2D eigenvalue weighted by molar-refractivity contribution is 6.30. The number of methoxy groups -OCH3 is 1. The fourth-order valence-corrected chi connectivity index (χ4v) is 3.38. The zero-order valence-electron chi connectivity index (χ0n) is 14.8. The van der Waals surface area contributed by atoms with Crippen LogP contribution < -0.4 is 10.6 Å². The molecule has 0 bridgehead atoms. The Morgan fingerprint density at radius 1 is 1.42 bits per heavy atom. The Morgan fingerprint density at radius 2 is 2.23 bits per heavy atom. The third-order valence-electron chi connectivity index (χ3n) is 4.64. The molecule has 1 saturated heterocycles. The molecule has 1 aliphatic rings. The average molecular weight is 379 g/mol. The summed E-state index contributed by atoms with van der Waals surface area (Å²) in [5, 5.41) is 10.9. The molecule has 7 nitrogen and oxygen atoms in total. The lowest BCUT2D eigenvalue weighted by Crippen LogP contribution is -2.50. The first-order valence-corrected chi connectivity index (χ1v) is 9.07. The quantitative estimate of drug-likeness (QED) is 0.766. The Kier molecular flexibility index (Phi) is 6.24. The van der Waals surface area contributed by atoms with Crippen LogP contribution in [0.4, 0.5) is 0 Å². The third-order valence-corrected chi connectivity index (χ3v) is 4.87. The van der Waals surface area contributed by atoms with Crippen molar-refractivity contribution in [3.8, 4) is 11.4 Å². The first kappa shape index (κ1) is 18.8. The van der Waals surface area contributed by atoms with Crippen molar-refractivity contribution in [3.63, 3.8) is 0 Å². The van der Waals surface area contributed by atoms with E-state index in [1.807, 2.05) is 12.1 Å². The van der Waals surface area contributed by atoms with Crippen molar-refractivity contribution in [1.29, 1.82) is 0 Å². The number of halogens is 1. The van der Waals surface area contributed by atoms with Gasteiger partial charge in [0.2, 0.25) is 17.6 Å². The Balaban J connectivity index is 1.55. The largest absolute Gasteiger partial charge is 0.384 e. The van der Waals surface area contributed by atoms with E-state index in [2.05, 4.69) is 20.8 Å². The topological polar surface area (TPSA) is 89.3 Å². The van der Waals surface area contributed by atoms with Crippen molar-refractivity contribution in [1.82, 2.24) is 20.8 Å². The predicted octanol–water partition coefficient (Wildman–Crippen LogP) is 2.06. The highest BCUT2D eigenvalue weighted by Crippen LogP contribution is 2.29. The van der Waals surface area contributed by atoms with Gasteiger partial charge in [0.1, 0.15) is 0 Å². The average Bonchev–Trinajstić information content (AvgIpc) is 3.12. The number of amides is 1. The van der Waals surface area contributed by atoms with Gasteiger partial charge in [-0.05, 0) is 38.1 Å². The minimum absolute atomic E-state index is 0.0235. The van der Waals surface area contributed by atoms with Gasteiger partial charge in [-0.2, -0.15) is 4.98 Å². The van der Waals surface area contributed by atoms with E-state index in [4.69, 9.17) is 20.9 Å². The van der Waals surface area contributed by atoms with E-state index in [1.165, 1.54) is 0 Å². The van der Waals surface area contributed by atoms with E-state index in [1.54, 1.807) is 19.2 Å². The molecule has 3 rings (SSSR count). The second kappa shape index (κ2) is 8.62. The minimum atomic E-state index is -0.458. The van der Waals surface area contributed by atoms with Crippen molar-refractivity contribution in [2.45, 2.75) is 19.3 Å². The van der Waals surface area contributed by atoms with Crippen LogP contribution in [0.15, 0.2) is 28.8 Å². The molecule has 0 aliphatic carbocycles. The number of carbonyl (C=O) groups excluding carboxylic acids is 1. The van der Waals surface area contributed by atoms with Gasteiger partial charge in [-0.1, -0.05) is 28.9 Å². The van der Waals surface area contributed by atoms with Crippen LogP contribution in [0.1, 0.15) is 18.7 Å². The van der Waals surface area contributed by atoms with Crippen LogP contribution >= 0.6 is 11.6 Å². The van der Waals surface area contributed by atoms with Crippen molar-refractivity contribution in [3.05, 3.63) is 35.2 Å². The number of ether oxygens (including phenoxy) is 1. The van der Waals surface area contributed by atoms with E-state index >= 15 is 0 Å². The minimum Gasteiger partial charge on any atom is -0.384 e. The molecule has 1 amide bonds. The third kappa shape index (κ3) is 4.41. The number of hydrogen-bond donors (Lipinski definition) is 2. The molecule has 26 heavy (non-hydrogen) atoms. The van der Waals surface area contributed by atoms with Crippen LogP contribution in [0.2, 0.25) is 5.02 Å². The highest BCUT2D eigenvalue weighted by atomic mass is 35.5. The molecule has 1 aromatic heterocycles. The molecule has 0 radical (unpaired) electrons. The number of nitrogens with one attached hydrogen (secondary N) is 2. The second-order valence-electron chi connectivity index (χ2n) is 6.49.